The second-order valence-corrected chi connectivity index (χ2v) is 6.90. The molecule has 2 heterocycles. The van der Waals surface area contributed by atoms with E-state index in [2.05, 4.69) is 4.98 Å². The van der Waals surface area contributed by atoms with Crippen LogP contribution < -0.4 is 5.73 Å². The zero-order valence-electron chi connectivity index (χ0n) is 11.7. The summed E-state index contributed by atoms with van der Waals surface area (Å²) in [4.78, 5) is 13.6. The summed E-state index contributed by atoms with van der Waals surface area (Å²) in [6, 6.07) is 0.916. The van der Waals surface area contributed by atoms with Crippen LogP contribution in [0.15, 0.2) is 17.2 Å². The van der Waals surface area contributed by atoms with E-state index >= 15 is 0 Å². The molecule has 1 aromatic heterocycles. The first-order valence-corrected chi connectivity index (χ1v) is 8.23. The number of nitro groups is 1. The molecule has 21 heavy (non-hydrogen) atoms. The van der Waals surface area contributed by atoms with Gasteiger partial charge >= 0.3 is 5.69 Å². The van der Waals surface area contributed by atoms with Gasteiger partial charge in [-0.25, -0.2) is 13.4 Å². The van der Waals surface area contributed by atoms with Gasteiger partial charge in [0.05, 0.1) is 4.92 Å². The molecule has 0 aliphatic carbocycles. The van der Waals surface area contributed by atoms with E-state index in [-0.39, 0.29) is 16.8 Å². The third-order valence-electron chi connectivity index (χ3n) is 3.72. The lowest BCUT2D eigenvalue weighted by molar-refractivity contribution is -0.384. The zero-order chi connectivity index (χ0) is 15.6. The first-order valence-electron chi connectivity index (χ1n) is 6.79. The minimum atomic E-state index is -3.79. The molecular weight excluding hydrogens is 296 g/mol. The molecular formula is C12H18N4O4S. The Hall–Kier alpha value is -1.74. The quantitative estimate of drug-likeness (QED) is 0.664. The van der Waals surface area contributed by atoms with Crippen molar-refractivity contribution in [3.05, 3.63) is 22.4 Å². The second-order valence-electron chi connectivity index (χ2n) is 5.01. The Labute approximate surface area is 123 Å². The Kier molecular flexibility index (Phi) is 4.43. The monoisotopic (exact) mass is 314 g/mol. The maximum absolute atomic E-state index is 12.7. The molecule has 0 aromatic carbocycles. The van der Waals surface area contributed by atoms with Gasteiger partial charge in [0.25, 0.3) is 0 Å². The van der Waals surface area contributed by atoms with Gasteiger partial charge in [0.1, 0.15) is 4.90 Å². The minimum absolute atomic E-state index is 0.0691. The van der Waals surface area contributed by atoms with Crippen LogP contribution in [0.25, 0.3) is 0 Å². The molecule has 1 atom stereocenters. The SMILES string of the molecule is CCC1CCCCN1S(=O)(=O)c1cnc(N)c([N+](=O)[O-])c1. The summed E-state index contributed by atoms with van der Waals surface area (Å²) in [7, 11) is -3.79. The molecule has 1 aliphatic rings. The van der Waals surface area contributed by atoms with Gasteiger partial charge in [-0.1, -0.05) is 13.3 Å². The maximum Gasteiger partial charge on any atom is 0.312 e. The summed E-state index contributed by atoms with van der Waals surface area (Å²) >= 11 is 0. The predicted octanol–water partition coefficient (Wildman–Crippen LogP) is 1.53. The highest BCUT2D eigenvalue weighted by Crippen LogP contribution is 2.29. The topological polar surface area (TPSA) is 119 Å². The van der Waals surface area contributed by atoms with Gasteiger partial charge < -0.3 is 5.73 Å². The van der Waals surface area contributed by atoms with Crippen LogP contribution in [-0.2, 0) is 10.0 Å². The van der Waals surface area contributed by atoms with Crippen LogP contribution in [0.3, 0.4) is 0 Å². The number of nitrogens with zero attached hydrogens (tertiary/aromatic N) is 3. The van der Waals surface area contributed by atoms with Crippen molar-refractivity contribution in [3.63, 3.8) is 0 Å². The summed E-state index contributed by atoms with van der Waals surface area (Å²) in [6.07, 6.45) is 4.38. The van der Waals surface area contributed by atoms with E-state index < -0.39 is 20.6 Å². The van der Waals surface area contributed by atoms with E-state index in [1.165, 1.54) is 4.31 Å². The van der Waals surface area contributed by atoms with Crippen molar-refractivity contribution in [3.8, 4) is 0 Å². The third-order valence-corrected chi connectivity index (χ3v) is 5.64. The van der Waals surface area contributed by atoms with Crippen LogP contribution in [0.5, 0.6) is 0 Å². The zero-order valence-corrected chi connectivity index (χ0v) is 12.5. The number of aromatic nitrogens is 1. The summed E-state index contributed by atoms with van der Waals surface area (Å²) in [6.45, 7) is 2.36. The van der Waals surface area contributed by atoms with E-state index in [1.54, 1.807) is 0 Å². The largest absolute Gasteiger partial charge is 0.378 e. The normalized spacial score (nSPS) is 20.3. The lowest BCUT2D eigenvalue weighted by Gasteiger charge is -2.33. The molecule has 2 rings (SSSR count). The number of hydrogen-bond donors (Lipinski definition) is 1. The standard InChI is InChI=1S/C12H18N4O4S/c1-2-9-5-3-4-6-15(9)21(19,20)10-7-11(16(17)18)12(13)14-8-10/h7-9H,2-6H2,1H3,(H2,13,14). The summed E-state index contributed by atoms with van der Waals surface area (Å²) in [5.74, 6) is -0.287. The van der Waals surface area contributed by atoms with E-state index in [1.807, 2.05) is 6.92 Å². The Morgan fingerprint density at radius 1 is 1.52 bits per heavy atom. The van der Waals surface area contributed by atoms with Crippen molar-refractivity contribution in [1.82, 2.24) is 9.29 Å². The number of hydrogen-bond acceptors (Lipinski definition) is 6. The minimum Gasteiger partial charge on any atom is -0.378 e. The van der Waals surface area contributed by atoms with Crippen molar-refractivity contribution < 1.29 is 13.3 Å². The molecule has 1 unspecified atom stereocenters. The number of nitrogens with two attached hydrogens (primary N) is 1. The van der Waals surface area contributed by atoms with E-state index in [0.717, 1.165) is 31.5 Å². The maximum atomic E-state index is 12.7. The van der Waals surface area contributed by atoms with Crippen LogP contribution >= 0.6 is 0 Å². The van der Waals surface area contributed by atoms with Gasteiger partial charge in [-0.15, -0.1) is 0 Å². The molecule has 2 N–H and O–H groups in total. The third kappa shape index (κ3) is 2.98. The first kappa shape index (κ1) is 15.6. The Balaban J connectivity index is 2.43. The smallest absolute Gasteiger partial charge is 0.312 e. The second kappa shape index (κ2) is 5.94. The Morgan fingerprint density at radius 2 is 2.24 bits per heavy atom. The average Bonchev–Trinajstić information content (AvgIpc) is 2.47. The van der Waals surface area contributed by atoms with Crippen molar-refractivity contribution in [2.45, 2.75) is 43.5 Å². The fourth-order valence-corrected chi connectivity index (χ4v) is 4.30. The van der Waals surface area contributed by atoms with Gasteiger partial charge in [0.2, 0.25) is 15.8 Å². The van der Waals surface area contributed by atoms with Gasteiger partial charge in [-0.05, 0) is 19.3 Å². The van der Waals surface area contributed by atoms with Crippen molar-refractivity contribution >= 4 is 21.5 Å². The molecule has 0 radical (unpaired) electrons. The molecule has 1 aromatic rings. The number of sulfonamides is 1. The van der Waals surface area contributed by atoms with E-state index in [9.17, 15) is 18.5 Å². The molecule has 0 bridgehead atoms. The molecule has 1 fully saturated rings. The highest BCUT2D eigenvalue weighted by molar-refractivity contribution is 7.89. The lowest BCUT2D eigenvalue weighted by Crippen LogP contribution is -2.43. The van der Waals surface area contributed by atoms with Gasteiger partial charge in [0, 0.05) is 24.8 Å². The molecule has 0 saturated carbocycles. The average molecular weight is 314 g/mol. The van der Waals surface area contributed by atoms with E-state index in [0.29, 0.717) is 13.0 Å². The van der Waals surface area contributed by atoms with Crippen molar-refractivity contribution in [2.75, 3.05) is 12.3 Å². The first-order chi connectivity index (χ1) is 9.87. The molecule has 0 amide bonds. The summed E-state index contributed by atoms with van der Waals surface area (Å²) in [5.41, 5.74) is 4.92. The summed E-state index contributed by atoms with van der Waals surface area (Å²) in [5, 5.41) is 10.9. The highest BCUT2D eigenvalue weighted by atomic mass is 32.2. The van der Waals surface area contributed by atoms with Crippen LogP contribution in [0.4, 0.5) is 11.5 Å². The molecule has 1 aliphatic heterocycles. The number of rotatable bonds is 4. The molecule has 1 saturated heterocycles. The van der Waals surface area contributed by atoms with Crippen LogP contribution in [0, 0.1) is 10.1 Å². The fraction of sp³-hybridized carbons (Fsp3) is 0.583. The van der Waals surface area contributed by atoms with E-state index in [4.69, 9.17) is 5.73 Å². The lowest BCUT2D eigenvalue weighted by atomic mass is 10.0. The Morgan fingerprint density at radius 3 is 2.86 bits per heavy atom. The predicted molar refractivity (Wildman–Crippen MR) is 77.1 cm³/mol. The number of pyridine rings is 1. The van der Waals surface area contributed by atoms with Crippen LogP contribution in [0.2, 0.25) is 0 Å². The Bertz CT molecular complexity index is 647. The number of nitrogen functional groups attached to an aromatic ring is 1. The highest BCUT2D eigenvalue weighted by Gasteiger charge is 2.33. The molecule has 8 nitrogen and oxygen atoms in total. The van der Waals surface area contributed by atoms with Crippen molar-refractivity contribution in [1.29, 1.82) is 0 Å². The summed E-state index contributed by atoms with van der Waals surface area (Å²) < 4.78 is 26.8. The number of piperidine rings is 1. The fourth-order valence-electron chi connectivity index (χ4n) is 2.57. The van der Waals surface area contributed by atoms with Crippen LogP contribution in [-0.4, -0.2) is 35.2 Å². The number of anilines is 1. The molecule has 116 valence electrons. The van der Waals surface area contributed by atoms with Crippen molar-refractivity contribution in [2.24, 2.45) is 0 Å². The van der Waals surface area contributed by atoms with Gasteiger partial charge in [-0.3, -0.25) is 10.1 Å². The van der Waals surface area contributed by atoms with Gasteiger partial charge in [0.15, 0.2) is 0 Å². The van der Waals surface area contributed by atoms with Gasteiger partial charge in [-0.2, -0.15) is 4.31 Å². The molecule has 9 heteroatoms. The van der Waals surface area contributed by atoms with Crippen LogP contribution in [0.1, 0.15) is 32.6 Å². The molecule has 0 spiro atoms.